The monoisotopic (exact) mass is 754 g/mol. The second kappa shape index (κ2) is 16.3. The molecule has 0 aliphatic heterocycles. The second-order valence-corrected chi connectivity index (χ2v) is 17.6. The lowest BCUT2D eigenvalue weighted by Gasteiger charge is -2.46. The number of carbonyl (C=O) groups is 2. The van der Waals surface area contributed by atoms with Gasteiger partial charge in [-0.15, -0.1) is 11.3 Å². The molecule has 3 aliphatic carbocycles. The Morgan fingerprint density at radius 3 is 2.47 bits per heavy atom. The second-order valence-electron chi connectivity index (χ2n) is 16.3. The number of nitrogens with one attached hydrogen (secondary N) is 1. The van der Waals surface area contributed by atoms with Crippen LogP contribution in [0.2, 0.25) is 0 Å². The highest BCUT2D eigenvalue weighted by Gasteiger charge is 2.57. The van der Waals surface area contributed by atoms with Crippen molar-refractivity contribution < 1.29 is 19.8 Å². The maximum atomic E-state index is 14.5. The van der Waals surface area contributed by atoms with Crippen LogP contribution in [0.1, 0.15) is 114 Å². The van der Waals surface area contributed by atoms with Crippen LogP contribution < -0.4 is 5.32 Å². The predicted octanol–water partition coefficient (Wildman–Crippen LogP) is 10.5. The third-order valence-corrected chi connectivity index (χ3v) is 13.5. The Morgan fingerprint density at radius 1 is 0.927 bits per heavy atom. The van der Waals surface area contributed by atoms with E-state index in [4.69, 9.17) is 0 Å². The third-order valence-electron chi connectivity index (χ3n) is 12.5. The van der Waals surface area contributed by atoms with Crippen molar-refractivity contribution in [1.82, 2.24) is 10.2 Å². The molecule has 0 spiro atoms. The van der Waals surface area contributed by atoms with Crippen LogP contribution in [0.4, 0.5) is 4.79 Å². The van der Waals surface area contributed by atoms with Gasteiger partial charge in [0.1, 0.15) is 0 Å². The zero-order chi connectivity index (χ0) is 38.7. The first-order valence-corrected chi connectivity index (χ1v) is 20.6. The van der Waals surface area contributed by atoms with E-state index in [1.165, 1.54) is 16.9 Å². The van der Waals surface area contributed by atoms with E-state index in [2.05, 4.69) is 61.6 Å². The number of thiophene rings is 1. The number of hydrogen-bond donors (Lipinski definition) is 3. The summed E-state index contributed by atoms with van der Waals surface area (Å²) in [6, 6.07) is 33.9. The molecule has 1 aromatic heterocycles. The Labute approximate surface area is 329 Å². The molecule has 2 amide bonds. The van der Waals surface area contributed by atoms with E-state index in [-0.39, 0.29) is 30.3 Å². The molecule has 2 bridgehead atoms. The van der Waals surface area contributed by atoms with Crippen LogP contribution >= 0.6 is 11.3 Å². The van der Waals surface area contributed by atoms with Gasteiger partial charge < -0.3 is 20.4 Å². The van der Waals surface area contributed by atoms with Gasteiger partial charge >= 0.3 is 6.03 Å². The maximum absolute atomic E-state index is 14.5. The first kappa shape index (κ1) is 38.7. The summed E-state index contributed by atoms with van der Waals surface area (Å²) in [5.41, 5.74) is 3.83. The van der Waals surface area contributed by atoms with Gasteiger partial charge in [0.15, 0.2) is 0 Å². The molecular formula is C48H54N2O4S. The smallest absolute Gasteiger partial charge is 0.318 e. The highest BCUT2D eigenvalue weighted by molar-refractivity contribution is 7.14. The number of rotatable bonds is 8. The van der Waals surface area contributed by atoms with Crippen LogP contribution in [0.5, 0.6) is 0 Å². The normalized spacial score (nSPS) is 23.4. The summed E-state index contributed by atoms with van der Waals surface area (Å²) in [5, 5.41) is 29.7. The van der Waals surface area contributed by atoms with Gasteiger partial charge in [-0.1, -0.05) is 104 Å². The Kier molecular flexibility index (Phi) is 11.4. The fourth-order valence-electron chi connectivity index (χ4n) is 9.14. The molecule has 0 saturated heterocycles. The molecule has 286 valence electrons. The molecule has 0 radical (unpaired) electrons. The van der Waals surface area contributed by atoms with Crippen LogP contribution in [-0.4, -0.2) is 45.2 Å². The molecule has 1 heterocycles. The summed E-state index contributed by atoms with van der Waals surface area (Å²) in [5.74, 6) is -0.157. The van der Waals surface area contributed by atoms with Gasteiger partial charge in [0.2, 0.25) is 5.78 Å². The van der Waals surface area contributed by atoms with Gasteiger partial charge in [0.25, 0.3) is 0 Å². The van der Waals surface area contributed by atoms with Crippen molar-refractivity contribution in [3.8, 4) is 0 Å². The zero-order valence-corrected chi connectivity index (χ0v) is 33.4. The van der Waals surface area contributed by atoms with Gasteiger partial charge in [-0.25, -0.2) is 4.79 Å². The molecule has 4 aromatic carbocycles. The minimum Gasteiger partial charge on any atom is -0.393 e. The van der Waals surface area contributed by atoms with Gasteiger partial charge in [-0.05, 0) is 123 Å². The minimum absolute atomic E-state index is 0.0167. The average Bonchev–Trinajstić information content (AvgIpc) is 3.73. The number of aliphatic hydroxyl groups excluding tert-OH is 1. The number of allylic oxidation sites excluding steroid dienone is 2. The molecule has 1 fully saturated rings. The van der Waals surface area contributed by atoms with Crippen molar-refractivity contribution in [3.05, 3.63) is 152 Å². The van der Waals surface area contributed by atoms with E-state index in [1.807, 2.05) is 85.5 Å². The number of amides is 2. The number of hydrogen-bond acceptors (Lipinski definition) is 5. The average molecular weight is 755 g/mol. The van der Waals surface area contributed by atoms with Crippen molar-refractivity contribution in [1.29, 1.82) is 0 Å². The molecule has 3 aliphatic rings. The van der Waals surface area contributed by atoms with E-state index < -0.39 is 17.1 Å². The van der Waals surface area contributed by atoms with Crippen LogP contribution in [0.15, 0.2) is 115 Å². The lowest BCUT2D eigenvalue weighted by atomic mass is 9.64. The number of ketones is 1. The summed E-state index contributed by atoms with van der Waals surface area (Å²) in [6.45, 7) is 8.77. The number of benzene rings is 4. The molecule has 5 atom stereocenters. The Morgan fingerprint density at radius 2 is 1.69 bits per heavy atom. The van der Waals surface area contributed by atoms with Crippen molar-refractivity contribution in [2.75, 3.05) is 6.54 Å². The van der Waals surface area contributed by atoms with Crippen LogP contribution in [0.3, 0.4) is 0 Å². The molecule has 1 saturated carbocycles. The molecule has 3 N–H and O–H groups in total. The number of nitrogens with zero attached hydrogens (tertiary/aromatic N) is 1. The van der Waals surface area contributed by atoms with Crippen LogP contribution in [-0.2, 0) is 13.0 Å². The van der Waals surface area contributed by atoms with E-state index in [1.54, 1.807) is 0 Å². The highest BCUT2D eigenvalue weighted by Crippen LogP contribution is 2.59. The summed E-state index contributed by atoms with van der Waals surface area (Å²) in [7, 11) is 0. The Hall–Kier alpha value is -4.56. The predicted molar refractivity (Wildman–Crippen MR) is 224 cm³/mol. The van der Waals surface area contributed by atoms with Crippen molar-refractivity contribution in [2.45, 2.75) is 103 Å². The minimum atomic E-state index is -1.26. The fourth-order valence-corrected chi connectivity index (χ4v) is 9.96. The number of carbonyl (C=O) groups excluding carboxylic acids is 2. The largest absolute Gasteiger partial charge is 0.393 e. The van der Waals surface area contributed by atoms with Gasteiger partial charge in [0.05, 0.1) is 29.2 Å². The summed E-state index contributed by atoms with van der Waals surface area (Å²) < 4.78 is 0. The van der Waals surface area contributed by atoms with E-state index in [9.17, 15) is 19.8 Å². The van der Waals surface area contributed by atoms with E-state index in [0.29, 0.717) is 49.1 Å². The van der Waals surface area contributed by atoms with Crippen molar-refractivity contribution in [3.63, 3.8) is 0 Å². The van der Waals surface area contributed by atoms with E-state index >= 15 is 0 Å². The van der Waals surface area contributed by atoms with Gasteiger partial charge in [-0.3, -0.25) is 4.79 Å². The topological polar surface area (TPSA) is 89.9 Å². The molecule has 5 aromatic rings. The zero-order valence-electron chi connectivity index (χ0n) is 32.6. The summed E-state index contributed by atoms with van der Waals surface area (Å²) in [4.78, 5) is 32.5. The van der Waals surface area contributed by atoms with Crippen molar-refractivity contribution in [2.24, 2.45) is 5.41 Å². The SMILES string of the molecule is CC1=CCCC2(C)C(CCC2(O)CN(Cc2cccc3ccccc23)C(=O)NC(C)c2ccccc2)c2ccc(cc2C(=O)c2ccc(C)s2)CC(O)CC1. The maximum Gasteiger partial charge on any atom is 0.318 e. The fraction of sp³-hybridized carbons (Fsp3) is 0.375. The Balaban J connectivity index is 1.30. The molecule has 6 nitrogen and oxygen atoms in total. The van der Waals surface area contributed by atoms with Gasteiger partial charge in [0, 0.05) is 22.4 Å². The molecule has 8 rings (SSSR count). The quantitative estimate of drug-likeness (QED) is 0.109. The molecular weight excluding hydrogens is 701 g/mol. The van der Waals surface area contributed by atoms with E-state index in [0.717, 1.165) is 50.7 Å². The molecule has 55 heavy (non-hydrogen) atoms. The van der Waals surface area contributed by atoms with Crippen LogP contribution in [0.25, 0.3) is 10.8 Å². The summed E-state index contributed by atoms with van der Waals surface area (Å²) >= 11 is 1.50. The lowest BCUT2D eigenvalue weighted by Crippen LogP contribution is -2.55. The first-order valence-electron chi connectivity index (χ1n) is 19.8. The standard InChI is InChI=1S/C48H54N2O4S/c1-32-12-11-26-47(4)43(41-23-21-35(28-39(51)22-19-32)29-42(41)45(52)44-24-20-33(2)55-44)25-27-48(47,54)31-50(46(53)49-34(3)36-13-6-5-7-14-36)30-38-17-10-16-37-15-8-9-18-40(37)38/h5-10,12-18,20-21,23-24,29,34,39,43,51,54H,11,19,22,25-28,30-31H2,1-4H3,(H,49,53). The molecule has 7 heteroatoms. The first-order chi connectivity index (χ1) is 26.4. The Bertz CT molecular complexity index is 2190. The number of fused-ring (bicyclic) bond motifs is 9. The summed E-state index contributed by atoms with van der Waals surface area (Å²) in [6.07, 6.45) is 6.21. The number of aliphatic hydroxyl groups is 2. The van der Waals surface area contributed by atoms with Gasteiger partial charge in [-0.2, -0.15) is 0 Å². The van der Waals surface area contributed by atoms with Crippen molar-refractivity contribution >= 4 is 33.9 Å². The number of urea groups is 1. The lowest BCUT2D eigenvalue weighted by molar-refractivity contribution is -0.0780. The van der Waals surface area contributed by atoms with Crippen LogP contribution in [0, 0.1) is 12.3 Å². The molecule has 5 unspecified atom stereocenters. The third kappa shape index (κ3) is 8.21. The highest BCUT2D eigenvalue weighted by atomic mass is 32.1. The number of aryl methyl sites for hydroxylation is 1.